The van der Waals surface area contributed by atoms with E-state index in [9.17, 15) is 5.11 Å². The molecule has 1 unspecified atom stereocenters. The van der Waals surface area contributed by atoms with Gasteiger partial charge in [-0.2, -0.15) is 0 Å². The SMILES string of the molecule is COc1ccccc1NC(C)c1cccc(C(C)(C)C)c1O. The topological polar surface area (TPSA) is 41.5 Å². The number of anilines is 1. The standard InChI is InChI=1S/C19H25NO2/c1-13(20-16-11-6-7-12-17(16)22-5)14-9-8-10-15(18(14)21)19(2,3)4/h6-13,20-21H,1-5H3. The van der Waals surface area contributed by atoms with Crippen LogP contribution in [0.4, 0.5) is 5.69 Å². The van der Waals surface area contributed by atoms with Crippen LogP contribution >= 0.6 is 0 Å². The molecular weight excluding hydrogens is 274 g/mol. The summed E-state index contributed by atoms with van der Waals surface area (Å²) in [6, 6.07) is 13.7. The molecule has 0 aliphatic carbocycles. The number of benzene rings is 2. The zero-order valence-electron chi connectivity index (χ0n) is 14.0. The third-order valence-electron chi connectivity index (χ3n) is 3.82. The summed E-state index contributed by atoms with van der Waals surface area (Å²) in [5.74, 6) is 1.16. The highest BCUT2D eigenvalue weighted by Gasteiger charge is 2.22. The van der Waals surface area contributed by atoms with Crippen molar-refractivity contribution in [3.63, 3.8) is 0 Å². The molecule has 0 spiro atoms. The van der Waals surface area contributed by atoms with Crippen LogP contribution < -0.4 is 10.1 Å². The number of rotatable bonds is 4. The summed E-state index contributed by atoms with van der Waals surface area (Å²) in [7, 11) is 1.66. The minimum atomic E-state index is -0.0930. The van der Waals surface area contributed by atoms with Gasteiger partial charge in [0.1, 0.15) is 11.5 Å². The zero-order chi connectivity index (χ0) is 16.3. The van der Waals surface area contributed by atoms with Gasteiger partial charge >= 0.3 is 0 Å². The normalized spacial score (nSPS) is 12.8. The Morgan fingerprint density at radius 3 is 2.36 bits per heavy atom. The van der Waals surface area contributed by atoms with Crippen molar-refractivity contribution in [3.8, 4) is 11.5 Å². The molecule has 0 amide bonds. The first-order valence-electron chi connectivity index (χ1n) is 7.56. The lowest BCUT2D eigenvalue weighted by atomic mass is 9.84. The molecule has 0 bridgehead atoms. The number of nitrogens with one attached hydrogen (secondary N) is 1. The van der Waals surface area contributed by atoms with Gasteiger partial charge in [-0.25, -0.2) is 0 Å². The molecule has 0 radical (unpaired) electrons. The molecule has 0 saturated heterocycles. The van der Waals surface area contributed by atoms with Gasteiger partial charge in [-0.1, -0.05) is 51.1 Å². The number of methoxy groups -OCH3 is 1. The molecule has 2 rings (SSSR count). The lowest BCUT2D eigenvalue weighted by Crippen LogP contribution is -2.14. The Morgan fingerprint density at radius 2 is 1.73 bits per heavy atom. The Balaban J connectivity index is 2.32. The smallest absolute Gasteiger partial charge is 0.141 e. The second kappa shape index (κ2) is 6.30. The van der Waals surface area contributed by atoms with Crippen molar-refractivity contribution in [1.82, 2.24) is 0 Å². The van der Waals surface area contributed by atoms with Crippen LogP contribution in [0.5, 0.6) is 11.5 Å². The Hall–Kier alpha value is -2.16. The van der Waals surface area contributed by atoms with Crippen molar-refractivity contribution in [2.75, 3.05) is 12.4 Å². The number of hydrogen-bond acceptors (Lipinski definition) is 3. The molecule has 22 heavy (non-hydrogen) atoms. The highest BCUT2D eigenvalue weighted by atomic mass is 16.5. The summed E-state index contributed by atoms with van der Waals surface area (Å²) in [6.07, 6.45) is 0. The second-order valence-corrected chi connectivity index (χ2v) is 6.56. The average molecular weight is 299 g/mol. The van der Waals surface area contributed by atoms with E-state index in [1.807, 2.05) is 49.4 Å². The van der Waals surface area contributed by atoms with Crippen LogP contribution in [0.3, 0.4) is 0 Å². The van der Waals surface area contributed by atoms with Gasteiger partial charge < -0.3 is 15.2 Å². The summed E-state index contributed by atoms with van der Waals surface area (Å²) >= 11 is 0. The molecule has 118 valence electrons. The van der Waals surface area contributed by atoms with Gasteiger partial charge in [0.15, 0.2) is 0 Å². The number of para-hydroxylation sites is 3. The Bertz CT molecular complexity index is 644. The zero-order valence-corrected chi connectivity index (χ0v) is 14.0. The maximum Gasteiger partial charge on any atom is 0.141 e. The fourth-order valence-corrected chi connectivity index (χ4v) is 2.59. The maximum absolute atomic E-state index is 10.6. The van der Waals surface area contributed by atoms with Gasteiger partial charge in [0, 0.05) is 5.56 Å². The second-order valence-electron chi connectivity index (χ2n) is 6.56. The molecule has 0 aromatic heterocycles. The lowest BCUT2D eigenvalue weighted by Gasteiger charge is -2.25. The van der Waals surface area contributed by atoms with Crippen LogP contribution in [0.25, 0.3) is 0 Å². The van der Waals surface area contributed by atoms with Crippen molar-refractivity contribution in [3.05, 3.63) is 53.6 Å². The van der Waals surface area contributed by atoms with Crippen LogP contribution in [-0.4, -0.2) is 12.2 Å². The minimum absolute atomic E-state index is 0.0291. The van der Waals surface area contributed by atoms with Gasteiger partial charge in [0.25, 0.3) is 0 Å². The third kappa shape index (κ3) is 3.35. The maximum atomic E-state index is 10.6. The molecule has 1 atom stereocenters. The van der Waals surface area contributed by atoms with E-state index >= 15 is 0 Å². The minimum Gasteiger partial charge on any atom is -0.507 e. The fourth-order valence-electron chi connectivity index (χ4n) is 2.59. The predicted octanol–water partition coefficient (Wildman–Crippen LogP) is 4.87. The van der Waals surface area contributed by atoms with Gasteiger partial charge in [-0.05, 0) is 30.0 Å². The highest BCUT2D eigenvalue weighted by Crippen LogP contribution is 2.37. The summed E-state index contributed by atoms with van der Waals surface area (Å²) in [5, 5.41) is 14.0. The van der Waals surface area contributed by atoms with E-state index in [-0.39, 0.29) is 11.5 Å². The van der Waals surface area contributed by atoms with Crippen LogP contribution in [-0.2, 0) is 5.41 Å². The average Bonchev–Trinajstić information content (AvgIpc) is 2.46. The molecule has 0 fully saturated rings. The molecule has 2 aromatic rings. The summed E-state index contributed by atoms with van der Waals surface area (Å²) in [4.78, 5) is 0. The van der Waals surface area contributed by atoms with Crippen molar-refractivity contribution < 1.29 is 9.84 Å². The third-order valence-corrected chi connectivity index (χ3v) is 3.82. The molecule has 0 aliphatic heterocycles. The molecule has 2 N–H and O–H groups in total. The molecule has 0 heterocycles. The molecular formula is C19H25NO2. The molecule has 0 aliphatic rings. The summed E-state index contributed by atoms with van der Waals surface area (Å²) < 4.78 is 5.37. The Morgan fingerprint density at radius 1 is 1.05 bits per heavy atom. The lowest BCUT2D eigenvalue weighted by molar-refractivity contribution is 0.415. The predicted molar refractivity (Wildman–Crippen MR) is 91.8 cm³/mol. The van der Waals surface area contributed by atoms with Crippen molar-refractivity contribution in [2.45, 2.75) is 39.2 Å². The summed E-state index contributed by atoms with van der Waals surface area (Å²) in [5.41, 5.74) is 2.67. The Kier molecular flexibility index (Phi) is 4.65. The first-order chi connectivity index (χ1) is 10.3. The van der Waals surface area contributed by atoms with E-state index < -0.39 is 0 Å². The molecule has 0 saturated carbocycles. The number of aromatic hydroxyl groups is 1. The number of phenols is 1. The van der Waals surface area contributed by atoms with Crippen LogP contribution in [0.2, 0.25) is 0 Å². The molecule has 2 aromatic carbocycles. The summed E-state index contributed by atoms with van der Waals surface area (Å²) in [6.45, 7) is 8.34. The van der Waals surface area contributed by atoms with Crippen LogP contribution in [0, 0.1) is 0 Å². The van der Waals surface area contributed by atoms with E-state index in [1.165, 1.54) is 0 Å². The van der Waals surface area contributed by atoms with E-state index in [1.54, 1.807) is 7.11 Å². The quantitative estimate of drug-likeness (QED) is 0.846. The van der Waals surface area contributed by atoms with Crippen molar-refractivity contribution in [2.24, 2.45) is 0 Å². The molecule has 3 heteroatoms. The van der Waals surface area contributed by atoms with Gasteiger partial charge in [0.05, 0.1) is 18.8 Å². The highest BCUT2D eigenvalue weighted by molar-refractivity contribution is 5.58. The van der Waals surface area contributed by atoms with E-state index in [2.05, 4.69) is 26.1 Å². The number of phenolic OH excluding ortho intramolecular Hbond substituents is 1. The Labute approximate surface area is 133 Å². The van der Waals surface area contributed by atoms with Crippen molar-refractivity contribution >= 4 is 5.69 Å². The first kappa shape index (κ1) is 16.2. The van der Waals surface area contributed by atoms with E-state index in [0.717, 1.165) is 22.6 Å². The largest absolute Gasteiger partial charge is 0.507 e. The molecule has 3 nitrogen and oxygen atoms in total. The first-order valence-corrected chi connectivity index (χ1v) is 7.56. The van der Waals surface area contributed by atoms with E-state index in [4.69, 9.17) is 4.74 Å². The van der Waals surface area contributed by atoms with Crippen LogP contribution in [0.15, 0.2) is 42.5 Å². The number of hydrogen-bond donors (Lipinski definition) is 2. The fraction of sp³-hybridized carbons (Fsp3) is 0.368. The monoisotopic (exact) mass is 299 g/mol. The van der Waals surface area contributed by atoms with Crippen molar-refractivity contribution in [1.29, 1.82) is 0 Å². The van der Waals surface area contributed by atoms with E-state index in [0.29, 0.717) is 5.75 Å². The van der Waals surface area contributed by atoms with Crippen LogP contribution in [0.1, 0.15) is 44.9 Å². The van der Waals surface area contributed by atoms with Gasteiger partial charge in [0.2, 0.25) is 0 Å². The van der Waals surface area contributed by atoms with Gasteiger partial charge in [-0.3, -0.25) is 0 Å². The van der Waals surface area contributed by atoms with Gasteiger partial charge in [-0.15, -0.1) is 0 Å². The number of ether oxygens (including phenoxy) is 1.